The van der Waals surface area contributed by atoms with Crippen LogP contribution in [0.1, 0.15) is 18.4 Å². The topological polar surface area (TPSA) is 33.1 Å². The molecular formula is C8H9NOS. The maximum atomic E-state index is 9.43. The number of hydrogen-bond acceptors (Lipinski definition) is 3. The Balaban J connectivity index is 2.58. The van der Waals surface area contributed by atoms with Gasteiger partial charge in [0, 0.05) is 22.4 Å². The van der Waals surface area contributed by atoms with Gasteiger partial charge in [-0.1, -0.05) is 6.92 Å². The molecule has 1 aromatic heterocycles. The van der Waals surface area contributed by atoms with E-state index in [-0.39, 0.29) is 0 Å². The molecule has 1 unspecified atom stereocenters. The molecule has 2 rings (SSSR count). The van der Waals surface area contributed by atoms with E-state index in [9.17, 15) is 5.11 Å². The lowest BCUT2D eigenvalue weighted by Crippen LogP contribution is -1.90. The first kappa shape index (κ1) is 6.98. The minimum absolute atomic E-state index is 0.347. The molecule has 58 valence electrons. The molecule has 2 nitrogen and oxygen atoms in total. The third kappa shape index (κ3) is 0.997. The van der Waals surface area contributed by atoms with Crippen molar-refractivity contribution in [1.82, 2.24) is 4.98 Å². The first-order valence-corrected chi connectivity index (χ1v) is 4.57. The summed E-state index contributed by atoms with van der Waals surface area (Å²) in [5.41, 5.74) is 1.07. The molecule has 3 heteroatoms. The van der Waals surface area contributed by atoms with Crippen LogP contribution in [0, 0.1) is 0 Å². The van der Waals surface area contributed by atoms with Crippen molar-refractivity contribution in [3.63, 3.8) is 0 Å². The summed E-state index contributed by atoms with van der Waals surface area (Å²) in [4.78, 5) is 5.06. The van der Waals surface area contributed by atoms with E-state index in [1.165, 1.54) is 6.20 Å². The number of pyridine rings is 1. The minimum Gasteiger partial charge on any atom is -0.506 e. The third-order valence-electron chi connectivity index (χ3n) is 1.91. The quantitative estimate of drug-likeness (QED) is 0.641. The second-order valence-corrected chi connectivity index (χ2v) is 3.84. The summed E-state index contributed by atoms with van der Waals surface area (Å²) in [6.45, 7) is 2.12. The molecule has 11 heavy (non-hydrogen) atoms. The smallest absolute Gasteiger partial charge is 0.138 e. The zero-order chi connectivity index (χ0) is 7.84. The van der Waals surface area contributed by atoms with Gasteiger partial charge in [-0.25, -0.2) is 0 Å². The fourth-order valence-electron chi connectivity index (χ4n) is 1.35. The number of hydrogen-bond donors (Lipinski definition) is 1. The lowest BCUT2D eigenvalue weighted by molar-refractivity contribution is 0.460. The highest BCUT2D eigenvalue weighted by atomic mass is 32.2. The van der Waals surface area contributed by atoms with Gasteiger partial charge in [-0.3, -0.25) is 4.98 Å². The lowest BCUT2D eigenvalue weighted by atomic mass is 10.0. The Morgan fingerprint density at radius 2 is 2.45 bits per heavy atom. The van der Waals surface area contributed by atoms with Crippen molar-refractivity contribution in [2.75, 3.05) is 5.75 Å². The normalized spacial score (nSPS) is 21.7. The molecule has 0 spiro atoms. The van der Waals surface area contributed by atoms with Gasteiger partial charge in [0.05, 0.1) is 6.20 Å². The number of aromatic hydroxyl groups is 1. The summed E-state index contributed by atoms with van der Waals surface area (Å²) in [6.07, 6.45) is 3.34. The molecule has 1 atom stereocenters. The van der Waals surface area contributed by atoms with Gasteiger partial charge < -0.3 is 5.11 Å². The predicted octanol–water partition coefficient (Wildman–Crippen LogP) is 2.00. The highest BCUT2D eigenvalue weighted by Crippen LogP contribution is 2.42. The Kier molecular flexibility index (Phi) is 1.53. The van der Waals surface area contributed by atoms with E-state index in [0.717, 1.165) is 16.2 Å². The largest absolute Gasteiger partial charge is 0.506 e. The Morgan fingerprint density at radius 1 is 1.64 bits per heavy atom. The van der Waals surface area contributed by atoms with Gasteiger partial charge in [-0.15, -0.1) is 11.8 Å². The summed E-state index contributed by atoms with van der Waals surface area (Å²) in [5, 5.41) is 9.43. The van der Waals surface area contributed by atoms with E-state index >= 15 is 0 Å². The number of aromatic nitrogens is 1. The number of nitrogens with zero attached hydrogens (tertiary/aromatic N) is 1. The standard InChI is InChI=1S/C8H9NOS/c1-5-4-11-7-3-9-2-6(10)8(5)7/h2-3,5,10H,4H2,1H3. The van der Waals surface area contributed by atoms with Crippen LogP contribution in [0.15, 0.2) is 17.3 Å². The van der Waals surface area contributed by atoms with Crippen LogP contribution in [0.2, 0.25) is 0 Å². The van der Waals surface area contributed by atoms with Crippen LogP contribution in [-0.2, 0) is 0 Å². The first-order chi connectivity index (χ1) is 5.29. The van der Waals surface area contributed by atoms with Gasteiger partial charge in [0.1, 0.15) is 5.75 Å². The second kappa shape index (κ2) is 2.41. The van der Waals surface area contributed by atoms with Gasteiger partial charge in [0.15, 0.2) is 0 Å². The fourth-order valence-corrected chi connectivity index (χ4v) is 2.54. The minimum atomic E-state index is 0.347. The van der Waals surface area contributed by atoms with Crippen molar-refractivity contribution >= 4 is 11.8 Å². The van der Waals surface area contributed by atoms with E-state index in [2.05, 4.69) is 11.9 Å². The SMILES string of the molecule is CC1CSc2cncc(O)c21. The van der Waals surface area contributed by atoms with Crippen molar-refractivity contribution < 1.29 is 5.11 Å². The summed E-state index contributed by atoms with van der Waals surface area (Å²) in [7, 11) is 0. The summed E-state index contributed by atoms with van der Waals surface area (Å²) in [5.74, 6) is 1.88. The molecule has 0 fully saturated rings. The molecule has 0 saturated carbocycles. The van der Waals surface area contributed by atoms with Crippen LogP contribution >= 0.6 is 11.8 Å². The van der Waals surface area contributed by atoms with Gasteiger partial charge >= 0.3 is 0 Å². The van der Waals surface area contributed by atoms with Crippen molar-refractivity contribution in [3.8, 4) is 5.75 Å². The van der Waals surface area contributed by atoms with Gasteiger partial charge in [-0.05, 0) is 5.92 Å². The molecule has 1 aliphatic rings. The van der Waals surface area contributed by atoms with Crippen LogP contribution in [-0.4, -0.2) is 15.8 Å². The Morgan fingerprint density at radius 3 is 3.18 bits per heavy atom. The highest BCUT2D eigenvalue weighted by molar-refractivity contribution is 7.99. The molecular weight excluding hydrogens is 158 g/mol. The molecule has 1 N–H and O–H groups in total. The predicted molar refractivity (Wildman–Crippen MR) is 45.0 cm³/mol. The van der Waals surface area contributed by atoms with Gasteiger partial charge in [0.25, 0.3) is 0 Å². The Labute approximate surface area is 69.7 Å². The maximum Gasteiger partial charge on any atom is 0.138 e. The lowest BCUT2D eigenvalue weighted by Gasteiger charge is -2.03. The number of fused-ring (bicyclic) bond motifs is 1. The monoisotopic (exact) mass is 167 g/mol. The van der Waals surface area contributed by atoms with Crippen molar-refractivity contribution in [2.24, 2.45) is 0 Å². The van der Waals surface area contributed by atoms with Crippen LogP contribution in [0.3, 0.4) is 0 Å². The molecule has 2 heterocycles. The molecule has 1 aromatic rings. The molecule has 1 aliphatic heterocycles. The van der Waals surface area contributed by atoms with E-state index < -0.39 is 0 Å². The summed E-state index contributed by atoms with van der Waals surface area (Å²) in [6, 6.07) is 0. The van der Waals surface area contributed by atoms with Crippen LogP contribution in [0.25, 0.3) is 0 Å². The molecule has 0 aromatic carbocycles. The molecule has 0 bridgehead atoms. The van der Waals surface area contributed by atoms with E-state index in [1.54, 1.807) is 11.8 Å². The van der Waals surface area contributed by atoms with Crippen molar-refractivity contribution in [1.29, 1.82) is 0 Å². The van der Waals surface area contributed by atoms with E-state index in [1.807, 2.05) is 6.20 Å². The van der Waals surface area contributed by atoms with Gasteiger partial charge in [0.2, 0.25) is 0 Å². The summed E-state index contributed by atoms with van der Waals surface area (Å²) < 4.78 is 0. The third-order valence-corrected chi connectivity index (χ3v) is 3.21. The summed E-state index contributed by atoms with van der Waals surface area (Å²) >= 11 is 1.77. The van der Waals surface area contributed by atoms with Crippen molar-refractivity contribution in [3.05, 3.63) is 18.0 Å². The molecule has 0 amide bonds. The van der Waals surface area contributed by atoms with Crippen LogP contribution in [0.4, 0.5) is 0 Å². The second-order valence-electron chi connectivity index (χ2n) is 2.78. The number of rotatable bonds is 0. The zero-order valence-electron chi connectivity index (χ0n) is 6.24. The highest BCUT2D eigenvalue weighted by Gasteiger charge is 2.22. The molecule has 0 aliphatic carbocycles. The average Bonchev–Trinajstić information content (AvgIpc) is 2.34. The first-order valence-electron chi connectivity index (χ1n) is 3.58. The average molecular weight is 167 g/mol. The maximum absolute atomic E-state index is 9.43. The van der Waals surface area contributed by atoms with Crippen molar-refractivity contribution in [2.45, 2.75) is 17.7 Å². The van der Waals surface area contributed by atoms with Crippen LogP contribution < -0.4 is 0 Å². The zero-order valence-corrected chi connectivity index (χ0v) is 7.06. The Hall–Kier alpha value is -0.700. The number of thioether (sulfide) groups is 1. The molecule has 0 radical (unpaired) electrons. The molecule has 0 saturated heterocycles. The van der Waals surface area contributed by atoms with E-state index in [0.29, 0.717) is 11.7 Å². The van der Waals surface area contributed by atoms with Gasteiger partial charge in [-0.2, -0.15) is 0 Å². The van der Waals surface area contributed by atoms with E-state index in [4.69, 9.17) is 0 Å². The van der Waals surface area contributed by atoms with Crippen LogP contribution in [0.5, 0.6) is 5.75 Å². The Bertz CT molecular complexity index is 287. The fraction of sp³-hybridized carbons (Fsp3) is 0.375.